The number of para-hydroxylation sites is 1. The highest BCUT2D eigenvalue weighted by Crippen LogP contribution is 2.55. The lowest BCUT2D eigenvalue weighted by Crippen LogP contribution is -2.80. The van der Waals surface area contributed by atoms with E-state index in [1.165, 1.54) is 16.7 Å². The summed E-state index contributed by atoms with van der Waals surface area (Å²) in [5, 5.41) is 11.5. The van der Waals surface area contributed by atoms with Crippen LogP contribution in [0.2, 0.25) is 0 Å². The second kappa shape index (κ2) is 7.05. The number of hydrogen-bond acceptors (Lipinski definition) is 6. The molecule has 1 aromatic carbocycles. The SMILES string of the molecule is CCOC1(NC(=O)COc2ccccc2)C(=O)N2[C@@H](C(=O)O)C(C)(C)S[C@@H]21. The van der Waals surface area contributed by atoms with E-state index in [-0.39, 0.29) is 13.2 Å². The molecule has 2 N–H and O–H groups in total. The number of carboxylic acid groups (broad SMARTS) is 1. The van der Waals surface area contributed by atoms with Crippen LogP contribution in [0.3, 0.4) is 0 Å². The van der Waals surface area contributed by atoms with E-state index in [9.17, 15) is 19.5 Å². The molecule has 2 saturated heterocycles. The maximum Gasteiger partial charge on any atom is 0.327 e. The third-order valence-electron chi connectivity index (χ3n) is 4.55. The van der Waals surface area contributed by atoms with Crippen molar-refractivity contribution in [1.82, 2.24) is 10.2 Å². The lowest BCUT2D eigenvalue weighted by Gasteiger charge is -2.51. The standard InChI is InChI=1S/C18H22N2O6S/c1-4-26-18(19-12(21)10-25-11-8-6-5-7-9-11)15(24)20-13(14(22)23)17(2,3)27-16(18)20/h5-9,13,16H,4,10H2,1-3H3,(H,19,21)(H,22,23)/t13-,16+,18?/m0/s1. The Hall–Kier alpha value is -2.26. The normalized spacial score (nSPS) is 28.3. The van der Waals surface area contributed by atoms with Crippen molar-refractivity contribution in [3.63, 3.8) is 0 Å². The lowest BCUT2D eigenvalue weighted by atomic mass is 9.93. The van der Waals surface area contributed by atoms with Gasteiger partial charge in [-0.15, -0.1) is 11.8 Å². The van der Waals surface area contributed by atoms with Crippen molar-refractivity contribution in [2.45, 2.75) is 42.7 Å². The molecule has 146 valence electrons. The van der Waals surface area contributed by atoms with E-state index in [1.54, 1.807) is 45.0 Å². The highest BCUT2D eigenvalue weighted by molar-refractivity contribution is 8.01. The van der Waals surface area contributed by atoms with Gasteiger partial charge in [0.1, 0.15) is 17.2 Å². The number of benzene rings is 1. The Labute approximate surface area is 161 Å². The highest BCUT2D eigenvalue weighted by atomic mass is 32.2. The van der Waals surface area contributed by atoms with Crippen LogP contribution in [0.5, 0.6) is 5.75 Å². The van der Waals surface area contributed by atoms with Gasteiger partial charge >= 0.3 is 5.97 Å². The molecule has 0 aromatic heterocycles. The zero-order chi connectivity index (χ0) is 19.8. The molecule has 3 rings (SSSR count). The number of ether oxygens (including phenoxy) is 2. The van der Waals surface area contributed by atoms with Gasteiger partial charge in [-0.1, -0.05) is 18.2 Å². The minimum Gasteiger partial charge on any atom is -0.484 e. The maximum atomic E-state index is 12.8. The third-order valence-corrected chi connectivity index (χ3v) is 6.16. The van der Waals surface area contributed by atoms with E-state index in [4.69, 9.17) is 9.47 Å². The van der Waals surface area contributed by atoms with Crippen LogP contribution in [0.4, 0.5) is 0 Å². The van der Waals surface area contributed by atoms with Gasteiger partial charge in [0.05, 0.1) is 0 Å². The van der Waals surface area contributed by atoms with E-state index in [0.717, 1.165) is 0 Å². The maximum absolute atomic E-state index is 12.8. The first-order chi connectivity index (χ1) is 12.7. The van der Waals surface area contributed by atoms with Gasteiger partial charge in [-0.05, 0) is 32.9 Å². The summed E-state index contributed by atoms with van der Waals surface area (Å²) in [6, 6.07) is 7.85. The molecule has 1 aromatic rings. The zero-order valence-electron chi connectivity index (χ0n) is 15.3. The van der Waals surface area contributed by atoms with Crippen molar-refractivity contribution in [2.75, 3.05) is 13.2 Å². The van der Waals surface area contributed by atoms with Crippen LogP contribution in [0, 0.1) is 0 Å². The molecule has 0 spiro atoms. The van der Waals surface area contributed by atoms with Crippen LogP contribution in [0.1, 0.15) is 20.8 Å². The quantitative estimate of drug-likeness (QED) is 0.526. The van der Waals surface area contributed by atoms with Crippen LogP contribution in [-0.2, 0) is 19.1 Å². The van der Waals surface area contributed by atoms with E-state index in [2.05, 4.69) is 5.32 Å². The highest BCUT2D eigenvalue weighted by Gasteiger charge is 2.73. The van der Waals surface area contributed by atoms with Crippen LogP contribution < -0.4 is 10.1 Å². The fraction of sp³-hybridized carbons (Fsp3) is 0.500. The molecular formula is C18H22N2O6S. The fourth-order valence-electron chi connectivity index (χ4n) is 3.45. The Morgan fingerprint density at radius 3 is 2.56 bits per heavy atom. The molecule has 0 bridgehead atoms. The monoisotopic (exact) mass is 394 g/mol. The molecular weight excluding hydrogens is 372 g/mol. The van der Waals surface area contributed by atoms with Crippen molar-refractivity contribution in [2.24, 2.45) is 0 Å². The molecule has 0 saturated carbocycles. The number of thioether (sulfide) groups is 1. The molecule has 9 heteroatoms. The Balaban J connectivity index is 1.74. The van der Waals surface area contributed by atoms with Gasteiger partial charge < -0.3 is 24.8 Å². The smallest absolute Gasteiger partial charge is 0.327 e. The summed E-state index contributed by atoms with van der Waals surface area (Å²) in [7, 11) is 0. The van der Waals surface area contributed by atoms with Crippen molar-refractivity contribution in [3.8, 4) is 5.75 Å². The number of amides is 2. The molecule has 1 unspecified atom stereocenters. The number of β-lactam (4-membered cyclic amide) rings is 1. The Bertz CT molecular complexity index is 755. The minimum absolute atomic E-state index is 0.189. The predicted molar refractivity (Wildman–Crippen MR) is 98.2 cm³/mol. The average Bonchev–Trinajstić information content (AvgIpc) is 2.89. The van der Waals surface area contributed by atoms with E-state index >= 15 is 0 Å². The first kappa shape index (κ1) is 19.5. The molecule has 2 aliphatic heterocycles. The van der Waals surface area contributed by atoms with Gasteiger partial charge in [-0.3, -0.25) is 9.59 Å². The van der Waals surface area contributed by atoms with Crippen molar-refractivity contribution >= 4 is 29.5 Å². The molecule has 2 aliphatic rings. The fourth-order valence-corrected chi connectivity index (χ4v) is 5.09. The van der Waals surface area contributed by atoms with Crippen LogP contribution in [0.15, 0.2) is 30.3 Å². The largest absolute Gasteiger partial charge is 0.484 e. The second-order valence-corrected chi connectivity index (χ2v) is 8.58. The summed E-state index contributed by atoms with van der Waals surface area (Å²) in [5.41, 5.74) is -1.57. The Kier molecular flexibility index (Phi) is 5.09. The molecule has 3 atom stereocenters. The van der Waals surface area contributed by atoms with Gasteiger partial charge in [-0.2, -0.15) is 0 Å². The number of hydrogen-bond donors (Lipinski definition) is 2. The predicted octanol–water partition coefficient (Wildman–Crippen LogP) is 1.06. The van der Waals surface area contributed by atoms with E-state index in [1.807, 2.05) is 6.07 Å². The third kappa shape index (κ3) is 3.25. The number of carboxylic acids is 1. The topological polar surface area (TPSA) is 105 Å². The van der Waals surface area contributed by atoms with Crippen molar-refractivity contribution in [1.29, 1.82) is 0 Å². The van der Waals surface area contributed by atoms with Gasteiger partial charge in [0.2, 0.25) is 0 Å². The number of rotatable bonds is 7. The second-order valence-electron chi connectivity index (χ2n) is 6.85. The molecule has 8 nitrogen and oxygen atoms in total. The van der Waals surface area contributed by atoms with Crippen molar-refractivity contribution < 1.29 is 29.0 Å². The number of carbonyl (C=O) groups is 3. The summed E-state index contributed by atoms with van der Waals surface area (Å²) >= 11 is 1.30. The summed E-state index contributed by atoms with van der Waals surface area (Å²) in [4.78, 5) is 38.2. The Morgan fingerprint density at radius 2 is 1.96 bits per heavy atom. The van der Waals surface area contributed by atoms with Gasteiger partial charge in [0.25, 0.3) is 17.5 Å². The number of nitrogens with zero attached hydrogens (tertiary/aromatic N) is 1. The molecule has 0 aliphatic carbocycles. The zero-order valence-corrected chi connectivity index (χ0v) is 16.1. The Morgan fingerprint density at radius 1 is 1.30 bits per heavy atom. The van der Waals surface area contributed by atoms with E-state index in [0.29, 0.717) is 5.75 Å². The number of fused-ring (bicyclic) bond motifs is 1. The molecule has 2 amide bonds. The van der Waals surface area contributed by atoms with Gasteiger partial charge in [-0.25, -0.2) is 4.79 Å². The van der Waals surface area contributed by atoms with E-state index < -0.39 is 39.7 Å². The number of aliphatic carboxylic acids is 1. The van der Waals surface area contributed by atoms with Crippen LogP contribution in [0.25, 0.3) is 0 Å². The number of carbonyl (C=O) groups excluding carboxylic acids is 2. The lowest BCUT2D eigenvalue weighted by molar-refractivity contribution is -0.206. The minimum atomic E-state index is -1.57. The summed E-state index contributed by atoms with van der Waals surface area (Å²) in [6.45, 7) is 5.14. The summed E-state index contributed by atoms with van der Waals surface area (Å²) < 4.78 is 10.3. The van der Waals surface area contributed by atoms with Gasteiger partial charge in [0.15, 0.2) is 6.61 Å². The number of nitrogens with one attached hydrogen (secondary N) is 1. The summed E-state index contributed by atoms with van der Waals surface area (Å²) in [6.07, 6.45) is 0. The first-order valence-corrected chi connectivity index (χ1v) is 9.47. The first-order valence-electron chi connectivity index (χ1n) is 8.59. The summed E-state index contributed by atoms with van der Waals surface area (Å²) in [5.74, 6) is -1.61. The van der Waals surface area contributed by atoms with Crippen LogP contribution >= 0.6 is 11.8 Å². The molecule has 0 radical (unpaired) electrons. The molecule has 2 heterocycles. The molecule has 2 fully saturated rings. The van der Waals surface area contributed by atoms with Crippen molar-refractivity contribution in [3.05, 3.63) is 30.3 Å². The average molecular weight is 394 g/mol. The van der Waals surface area contributed by atoms with Crippen LogP contribution in [-0.4, -0.2) is 62.9 Å². The van der Waals surface area contributed by atoms with Gasteiger partial charge in [0, 0.05) is 11.4 Å². The molecule has 27 heavy (non-hydrogen) atoms.